The maximum absolute atomic E-state index is 13.3. The number of phenolic OH excluding ortho intramolecular Hbond substituents is 1. The topological polar surface area (TPSA) is 150 Å². The first-order valence-electron chi connectivity index (χ1n) is 13.3. The van der Waals surface area contributed by atoms with Crippen LogP contribution in [0.15, 0.2) is 100 Å². The first-order valence-corrected chi connectivity index (χ1v) is 13.3. The molecule has 0 fully saturated rings. The van der Waals surface area contributed by atoms with E-state index in [-0.39, 0.29) is 40.2 Å². The van der Waals surface area contributed by atoms with E-state index in [1.54, 1.807) is 48.5 Å². The summed E-state index contributed by atoms with van der Waals surface area (Å²) in [7, 11) is 1.47. The number of aromatic hydroxyl groups is 1. The first-order chi connectivity index (χ1) is 20.8. The Kier molecular flexibility index (Phi) is 6.14. The molecule has 0 spiro atoms. The Morgan fingerprint density at radius 2 is 1.47 bits per heavy atom. The van der Waals surface area contributed by atoms with Crippen molar-refractivity contribution < 1.29 is 32.9 Å². The van der Waals surface area contributed by atoms with Crippen LogP contribution in [0.25, 0.3) is 33.3 Å². The standard InChI is InChI=1S/C33H22O10/c1-39-26-7-3-5-21-18(15-28(36)42-31(21)26)12-19-13-23-29(43-32(19)37)22-11-16(8-9-25(22)40-33(23)38)10-17-14-27(35)41-30-20(17)4-2-6-24(30)34/h2-9,11,13-15,33-34,38H,10,12H2,1H3. The van der Waals surface area contributed by atoms with Gasteiger partial charge in [0.05, 0.1) is 18.2 Å². The summed E-state index contributed by atoms with van der Waals surface area (Å²) in [6, 6.07) is 19.4. The van der Waals surface area contributed by atoms with E-state index in [2.05, 4.69) is 0 Å². The number of hydrogen-bond acceptors (Lipinski definition) is 10. The molecule has 6 aromatic rings. The van der Waals surface area contributed by atoms with Crippen molar-refractivity contribution in [2.75, 3.05) is 7.11 Å². The summed E-state index contributed by atoms with van der Waals surface area (Å²) in [6.07, 6.45) is -1.08. The third kappa shape index (κ3) is 4.54. The van der Waals surface area contributed by atoms with Gasteiger partial charge < -0.3 is 32.9 Å². The summed E-state index contributed by atoms with van der Waals surface area (Å²) in [5.74, 6) is 0.706. The van der Waals surface area contributed by atoms with Crippen molar-refractivity contribution in [1.82, 2.24) is 0 Å². The van der Waals surface area contributed by atoms with Crippen molar-refractivity contribution in [3.8, 4) is 28.6 Å². The number of aliphatic hydroxyl groups is 1. The van der Waals surface area contributed by atoms with E-state index in [9.17, 15) is 24.6 Å². The summed E-state index contributed by atoms with van der Waals surface area (Å²) < 4.78 is 27.4. The largest absolute Gasteiger partial charge is 0.504 e. The number of hydrogen-bond donors (Lipinski definition) is 2. The van der Waals surface area contributed by atoms with E-state index >= 15 is 0 Å². The third-order valence-electron chi connectivity index (χ3n) is 7.49. The van der Waals surface area contributed by atoms with E-state index in [1.165, 1.54) is 31.4 Å². The Morgan fingerprint density at radius 1 is 0.767 bits per heavy atom. The predicted molar refractivity (Wildman–Crippen MR) is 155 cm³/mol. The molecular weight excluding hydrogens is 556 g/mol. The summed E-state index contributed by atoms with van der Waals surface area (Å²) in [5, 5.41) is 22.2. The van der Waals surface area contributed by atoms with Crippen LogP contribution in [0.4, 0.5) is 0 Å². The fraction of sp³-hybridized carbons (Fsp3) is 0.121. The smallest absolute Gasteiger partial charge is 0.339 e. The Labute approximate surface area is 241 Å². The third-order valence-corrected chi connectivity index (χ3v) is 7.49. The zero-order valence-electron chi connectivity index (χ0n) is 22.6. The lowest BCUT2D eigenvalue weighted by Gasteiger charge is -2.24. The molecule has 1 unspecified atom stereocenters. The lowest BCUT2D eigenvalue weighted by atomic mass is 9.95. The van der Waals surface area contributed by atoms with Gasteiger partial charge in [0.1, 0.15) is 5.75 Å². The second-order valence-corrected chi connectivity index (χ2v) is 10.2. The number of ether oxygens (including phenoxy) is 2. The van der Waals surface area contributed by atoms with Crippen LogP contribution in [0.5, 0.6) is 17.2 Å². The molecule has 0 amide bonds. The van der Waals surface area contributed by atoms with E-state index in [0.717, 1.165) is 5.56 Å². The van der Waals surface area contributed by atoms with Crippen LogP contribution in [-0.4, -0.2) is 17.3 Å². The minimum atomic E-state index is -1.40. The molecule has 3 aromatic heterocycles. The number of para-hydroxylation sites is 2. The van der Waals surface area contributed by atoms with Gasteiger partial charge in [-0.2, -0.15) is 0 Å². The van der Waals surface area contributed by atoms with Crippen molar-refractivity contribution in [3.05, 3.63) is 132 Å². The van der Waals surface area contributed by atoms with E-state index < -0.39 is 23.2 Å². The van der Waals surface area contributed by atoms with Crippen molar-refractivity contribution >= 4 is 21.9 Å². The average molecular weight is 579 g/mol. The van der Waals surface area contributed by atoms with E-state index in [0.29, 0.717) is 45.4 Å². The zero-order valence-corrected chi connectivity index (χ0v) is 22.6. The minimum absolute atomic E-state index is 0.0288. The summed E-state index contributed by atoms with van der Waals surface area (Å²) in [4.78, 5) is 37.8. The van der Waals surface area contributed by atoms with Crippen molar-refractivity contribution in [3.63, 3.8) is 0 Å². The number of fused-ring (bicyclic) bond motifs is 5. The van der Waals surface area contributed by atoms with E-state index in [4.69, 9.17) is 22.7 Å². The molecule has 10 nitrogen and oxygen atoms in total. The molecule has 4 heterocycles. The van der Waals surface area contributed by atoms with Crippen LogP contribution < -0.4 is 26.4 Å². The highest BCUT2D eigenvalue weighted by atomic mass is 16.6. The molecular formula is C33H22O10. The van der Waals surface area contributed by atoms with Crippen molar-refractivity contribution in [1.29, 1.82) is 0 Å². The van der Waals surface area contributed by atoms with Gasteiger partial charge in [-0.25, -0.2) is 14.4 Å². The SMILES string of the molecule is COc1cccc2c(Cc3cc4c(oc3=O)-c3cc(Cc5cc(=O)oc6c(O)cccc56)ccc3OC4O)cc(=O)oc12. The Hall–Kier alpha value is -5.61. The normalized spacial score (nSPS) is 13.9. The second-order valence-electron chi connectivity index (χ2n) is 10.2. The Morgan fingerprint density at radius 3 is 2.23 bits per heavy atom. The number of aliphatic hydroxyl groups excluding tert-OH is 1. The van der Waals surface area contributed by atoms with Gasteiger partial charge in [0.2, 0.25) is 6.29 Å². The van der Waals surface area contributed by atoms with Crippen LogP contribution in [0.1, 0.15) is 34.1 Å². The maximum atomic E-state index is 13.3. The monoisotopic (exact) mass is 578 g/mol. The number of rotatable bonds is 5. The molecule has 0 saturated heterocycles. The summed E-state index contributed by atoms with van der Waals surface area (Å²) in [6.45, 7) is 0. The average Bonchev–Trinajstić information content (AvgIpc) is 2.98. The highest BCUT2D eigenvalue weighted by Crippen LogP contribution is 2.42. The van der Waals surface area contributed by atoms with Gasteiger partial charge >= 0.3 is 16.9 Å². The first kappa shape index (κ1) is 26.3. The molecule has 1 aliphatic rings. The van der Waals surface area contributed by atoms with E-state index in [1.807, 2.05) is 0 Å². The van der Waals surface area contributed by atoms with Crippen LogP contribution >= 0.6 is 0 Å². The maximum Gasteiger partial charge on any atom is 0.339 e. The number of benzene rings is 3. The lowest BCUT2D eigenvalue weighted by Crippen LogP contribution is -2.19. The highest BCUT2D eigenvalue weighted by molar-refractivity contribution is 5.86. The molecule has 0 aliphatic carbocycles. The zero-order chi connectivity index (χ0) is 29.8. The fourth-order valence-electron chi connectivity index (χ4n) is 5.53. The minimum Gasteiger partial charge on any atom is -0.504 e. The Bertz CT molecular complexity index is 2260. The molecule has 7 rings (SSSR count). The second kappa shape index (κ2) is 10.0. The molecule has 3 aromatic carbocycles. The molecule has 43 heavy (non-hydrogen) atoms. The number of methoxy groups -OCH3 is 1. The molecule has 214 valence electrons. The van der Waals surface area contributed by atoms with Crippen molar-refractivity contribution in [2.24, 2.45) is 0 Å². The van der Waals surface area contributed by atoms with Gasteiger partial charge in [0.15, 0.2) is 28.4 Å². The molecule has 0 radical (unpaired) electrons. The fourth-order valence-corrected chi connectivity index (χ4v) is 5.53. The van der Waals surface area contributed by atoms with Crippen LogP contribution in [-0.2, 0) is 12.8 Å². The van der Waals surface area contributed by atoms with Gasteiger partial charge in [0, 0.05) is 34.9 Å². The quantitative estimate of drug-likeness (QED) is 0.273. The molecule has 1 atom stereocenters. The van der Waals surface area contributed by atoms with Crippen LogP contribution in [0, 0.1) is 0 Å². The molecule has 1 aliphatic heterocycles. The van der Waals surface area contributed by atoms with Gasteiger partial charge in [-0.3, -0.25) is 0 Å². The van der Waals surface area contributed by atoms with Crippen molar-refractivity contribution in [2.45, 2.75) is 19.1 Å². The predicted octanol–water partition coefficient (Wildman–Crippen LogP) is 4.80. The lowest BCUT2D eigenvalue weighted by molar-refractivity contribution is -0.0232. The molecule has 0 bridgehead atoms. The van der Waals surface area contributed by atoms with Gasteiger partial charge in [-0.15, -0.1) is 0 Å². The molecule has 0 saturated carbocycles. The highest BCUT2D eigenvalue weighted by Gasteiger charge is 2.29. The summed E-state index contributed by atoms with van der Waals surface area (Å²) in [5.41, 5.74) is 1.34. The van der Waals surface area contributed by atoms with Crippen LogP contribution in [0.3, 0.4) is 0 Å². The number of phenols is 1. The summed E-state index contributed by atoms with van der Waals surface area (Å²) >= 11 is 0. The molecule has 10 heteroatoms. The Balaban J connectivity index is 1.29. The van der Waals surface area contributed by atoms with Gasteiger partial charge in [-0.05, 0) is 53.4 Å². The van der Waals surface area contributed by atoms with Crippen LogP contribution in [0.2, 0.25) is 0 Å². The molecule has 2 N–H and O–H groups in total. The van der Waals surface area contributed by atoms with Gasteiger partial charge in [-0.1, -0.05) is 30.3 Å². The van der Waals surface area contributed by atoms with Gasteiger partial charge in [0.25, 0.3) is 0 Å².